The van der Waals surface area contributed by atoms with Gasteiger partial charge in [0.05, 0.1) is 16.6 Å². The topological polar surface area (TPSA) is 32.3 Å². The van der Waals surface area contributed by atoms with Crippen LogP contribution in [-0.2, 0) is 4.79 Å². The van der Waals surface area contributed by atoms with Gasteiger partial charge >= 0.3 is 0 Å². The van der Waals surface area contributed by atoms with E-state index >= 15 is 0 Å². The summed E-state index contributed by atoms with van der Waals surface area (Å²) in [6.45, 7) is 1.76. The summed E-state index contributed by atoms with van der Waals surface area (Å²) < 4.78 is 0. The van der Waals surface area contributed by atoms with Gasteiger partial charge in [0.1, 0.15) is 0 Å². The van der Waals surface area contributed by atoms with Crippen molar-refractivity contribution in [3.8, 4) is 0 Å². The van der Waals surface area contributed by atoms with Crippen LogP contribution in [0.15, 0.2) is 18.2 Å². The largest absolute Gasteiger partial charge is 0.324 e. The molecule has 0 saturated carbocycles. The molecule has 1 aliphatic rings. The van der Waals surface area contributed by atoms with Crippen LogP contribution < -0.4 is 5.32 Å². The van der Waals surface area contributed by atoms with E-state index in [0.29, 0.717) is 15.7 Å². The summed E-state index contributed by atoms with van der Waals surface area (Å²) in [4.78, 5) is 14.1. The smallest absolute Gasteiger partial charge is 0.228 e. The van der Waals surface area contributed by atoms with E-state index in [0.717, 1.165) is 19.5 Å². The Balaban J connectivity index is 2.05. The first-order valence-corrected chi connectivity index (χ1v) is 6.26. The van der Waals surface area contributed by atoms with Gasteiger partial charge in [0.2, 0.25) is 5.91 Å². The van der Waals surface area contributed by atoms with Crippen LogP contribution in [0.25, 0.3) is 0 Å². The number of rotatable bonds is 2. The number of nitrogens with zero attached hydrogens (tertiary/aromatic N) is 1. The van der Waals surface area contributed by atoms with Crippen LogP contribution in [0.2, 0.25) is 10.0 Å². The molecule has 1 aromatic rings. The van der Waals surface area contributed by atoms with Gasteiger partial charge in [0.25, 0.3) is 0 Å². The third-order valence-electron chi connectivity index (χ3n) is 2.95. The highest BCUT2D eigenvalue weighted by molar-refractivity contribution is 6.35. The number of likely N-dealkylation sites (tertiary alicyclic amines) is 1. The van der Waals surface area contributed by atoms with Gasteiger partial charge in [0, 0.05) is 11.6 Å². The van der Waals surface area contributed by atoms with Crippen molar-refractivity contribution in [2.45, 2.75) is 6.42 Å². The van der Waals surface area contributed by atoms with E-state index in [1.165, 1.54) is 0 Å². The molecule has 1 unspecified atom stereocenters. The van der Waals surface area contributed by atoms with Gasteiger partial charge < -0.3 is 10.2 Å². The summed E-state index contributed by atoms with van der Waals surface area (Å²) in [7, 11) is 2.01. The minimum atomic E-state index is 0.0125. The van der Waals surface area contributed by atoms with Crippen molar-refractivity contribution in [1.29, 1.82) is 0 Å². The minimum absolute atomic E-state index is 0.0125. The van der Waals surface area contributed by atoms with E-state index in [1.807, 2.05) is 7.05 Å². The Labute approximate surface area is 111 Å². The molecule has 1 aliphatic heterocycles. The molecule has 1 fully saturated rings. The van der Waals surface area contributed by atoms with E-state index in [1.54, 1.807) is 18.2 Å². The number of nitrogens with one attached hydrogen (secondary N) is 1. The Bertz CT molecular complexity index is 437. The van der Waals surface area contributed by atoms with Crippen molar-refractivity contribution in [3.63, 3.8) is 0 Å². The molecule has 0 radical (unpaired) electrons. The van der Waals surface area contributed by atoms with E-state index in [4.69, 9.17) is 23.2 Å². The Hall–Kier alpha value is -0.770. The van der Waals surface area contributed by atoms with Gasteiger partial charge in [-0.2, -0.15) is 0 Å². The molecule has 1 aromatic carbocycles. The van der Waals surface area contributed by atoms with Gasteiger partial charge in [-0.05, 0) is 38.2 Å². The highest BCUT2D eigenvalue weighted by Crippen LogP contribution is 2.26. The zero-order valence-corrected chi connectivity index (χ0v) is 11.1. The molecule has 0 spiro atoms. The van der Waals surface area contributed by atoms with Crippen molar-refractivity contribution >= 4 is 34.8 Å². The second kappa shape index (κ2) is 5.25. The van der Waals surface area contributed by atoms with Crippen LogP contribution in [-0.4, -0.2) is 30.9 Å². The highest BCUT2D eigenvalue weighted by Gasteiger charge is 2.26. The van der Waals surface area contributed by atoms with E-state index in [2.05, 4.69) is 10.2 Å². The van der Waals surface area contributed by atoms with Crippen molar-refractivity contribution in [3.05, 3.63) is 28.2 Å². The molecule has 1 heterocycles. The highest BCUT2D eigenvalue weighted by atomic mass is 35.5. The number of carbonyl (C=O) groups excluding carboxylic acids is 1. The molecule has 1 N–H and O–H groups in total. The molecule has 0 bridgehead atoms. The maximum Gasteiger partial charge on any atom is 0.228 e. The van der Waals surface area contributed by atoms with E-state index in [-0.39, 0.29) is 11.8 Å². The first-order valence-electron chi connectivity index (χ1n) is 5.50. The standard InChI is InChI=1S/C12H14Cl2N2O/c1-16-5-4-8(7-16)12(17)15-11-6-9(13)2-3-10(11)14/h2-3,6,8H,4-5,7H2,1H3,(H,15,17). The lowest BCUT2D eigenvalue weighted by atomic mass is 10.1. The van der Waals surface area contributed by atoms with Gasteiger partial charge in [-0.15, -0.1) is 0 Å². The van der Waals surface area contributed by atoms with Gasteiger partial charge in [0.15, 0.2) is 0 Å². The van der Waals surface area contributed by atoms with E-state index in [9.17, 15) is 4.79 Å². The average Bonchev–Trinajstić information content (AvgIpc) is 2.70. The predicted molar refractivity (Wildman–Crippen MR) is 70.7 cm³/mol. The average molecular weight is 273 g/mol. The minimum Gasteiger partial charge on any atom is -0.324 e. The normalized spacial score (nSPS) is 20.5. The SMILES string of the molecule is CN1CCC(C(=O)Nc2cc(Cl)ccc2Cl)C1. The molecule has 2 rings (SSSR count). The van der Waals surface area contributed by atoms with Crippen LogP contribution in [0.3, 0.4) is 0 Å². The Morgan fingerprint density at radius 1 is 1.47 bits per heavy atom. The first-order chi connectivity index (χ1) is 8.06. The second-order valence-corrected chi connectivity index (χ2v) is 5.20. The number of benzene rings is 1. The maximum absolute atomic E-state index is 12.0. The van der Waals surface area contributed by atoms with Crippen molar-refractivity contribution in [1.82, 2.24) is 4.90 Å². The molecule has 1 amide bonds. The summed E-state index contributed by atoms with van der Waals surface area (Å²) in [5.41, 5.74) is 0.582. The molecule has 1 saturated heterocycles. The predicted octanol–water partition coefficient (Wildman–Crippen LogP) is 2.88. The fraction of sp³-hybridized carbons (Fsp3) is 0.417. The molecular formula is C12H14Cl2N2O. The van der Waals surface area contributed by atoms with Crippen molar-refractivity contribution < 1.29 is 4.79 Å². The first kappa shape index (κ1) is 12.7. The van der Waals surface area contributed by atoms with Crippen LogP contribution >= 0.6 is 23.2 Å². The number of hydrogen-bond acceptors (Lipinski definition) is 2. The molecule has 17 heavy (non-hydrogen) atoms. The van der Waals surface area contributed by atoms with Gasteiger partial charge in [-0.3, -0.25) is 4.79 Å². The summed E-state index contributed by atoms with van der Waals surface area (Å²) >= 11 is 11.9. The lowest BCUT2D eigenvalue weighted by Gasteiger charge is -2.12. The van der Waals surface area contributed by atoms with Crippen molar-refractivity contribution in [2.24, 2.45) is 5.92 Å². The van der Waals surface area contributed by atoms with Gasteiger partial charge in [-0.1, -0.05) is 23.2 Å². The summed E-state index contributed by atoms with van der Waals surface area (Å²) in [6, 6.07) is 5.05. The zero-order valence-electron chi connectivity index (χ0n) is 9.54. The molecule has 3 nitrogen and oxygen atoms in total. The van der Waals surface area contributed by atoms with Crippen LogP contribution in [0.4, 0.5) is 5.69 Å². The summed E-state index contributed by atoms with van der Waals surface area (Å²) in [5.74, 6) is 0.0496. The quantitative estimate of drug-likeness (QED) is 0.898. The Morgan fingerprint density at radius 2 is 2.24 bits per heavy atom. The molecule has 92 valence electrons. The maximum atomic E-state index is 12.0. The molecule has 5 heteroatoms. The lowest BCUT2D eigenvalue weighted by Crippen LogP contribution is -2.25. The van der Waals surface area contributed by atoms with Crippen LogP contribution in [0.5, 0.6) is 0 Å². The molecular weight excluding hydrogens is 259 g/mol. The van der Waals surface area contributed by atoms with Gasteiger partial charge in [-0.25, -0.2) is 0 Å². The third-order valence-corrected chi connectivity index (χ3v) is 3.51. The van der Waals surface area contributed by atoms with Crippen molar-refractivity contribution in [2.75, 3.05) is 25.5 Å². The Morgan fingerprint density at radius 3 is 2.88 bits per heavy atom. The molecule has 1 atom stereocenters. The molecule has 0 aromatic heterocycles. The summed E-state index contributed by atoms with van der Waals surface area (Å²) in [5, 5.41) is 3.90. The number of hydrogen-bond donors (Lipinski definition) is 1. The van der Waals surface area contributed by atoms with E-state index < -0.39 is 0 Å². The number of anilines is 1. The fourth-order valence-electron chi connectivity index (χ4n) is 1.98. The number of amides is 1. The monoisotopic (exact) mass is 272 g/mol. The Kier molecular flexibility index (Phi) is 3.92. The van der Waals surface area contributed by atoms with Crippen LogP contribution in [0, 0.1) is 5.92 Å². The number of carbonyl (C=O) groups is 1. The second-order valence-electron chi connectivity index (χ2n) is 4.36. The number of halogens is 2. The fourth-order valence-corrected chi connectivity index (χ4v) is 2.31. The summed E-state index contributed by atoms with van der Waals surface area (Å²) in [6.07, 6.45) is 0.889. The zero-order chi connectivity index (χ0) is 12.4. The lowest BCUT2D eigenvalue weighted by molar-refractivity contribution is -0.119. The third kappa shape index (κ3) is 3.12. The molecule has 0 aliphatic carbocycles. The van der Waals surface area contributed by atoms with Crippen LogP contribution in [0.1, 0.15) is 6.42 Å².